The normalized spacial score (nSPS) is 15.0. The van der Waals surface area contributed by atoms with Crippen LogP contribution in [0.25, 0.3) is 0 Å². The molecular weight excluding hydrogens is 735 g/mol. The average molecular weight is 815 g/mol. The highest BCUT2D eigenvalue weighted by Crippen LogP contribution is 2.43. The second-order valence-corrected chi connectivity index (χ2v) is 16.5. The van der Waals surface area contributed by atoms with Crippen molar-refractivity contribution in [2.24, 2.45) is 5.92 Å². The molecule has 0 aromatic rings. The molecule has 0 aliphatic carbocycles. The van der Waals surface area contributed by atoms with E-state index >= 15 is 0 Å². The molecule has 0 aromatic carbocycles. The molecule has 0 saturated heterocycles. The summed E-state index contributed by atoms with van der Waals surface area (Å²) in [6.07, 6.45) is 35.6. The maximum Gasteiger partial charge on any atom is 0.472 e. The number of phosphoric acid groups is 1. The van der Waals surface area contributed by atoms with Gasteiger partial charge in [-0.1, -0.05) is 166 Å². The number of aliphatic hydroxyl groups excluding tert-OH is 3. The zero-order valence-electron chi connectivity index (χ0n) is 35.1. The molecule has 0 aromatic heterocycles. The van der Waals surface area contributed by atoms with Crippen LogP contribution in [0.15, 0.2) is 48.6 Å². The van der Waals surface area contributed by atoms with Crippen molar-refractivity contribution in [3.63, 3.8) is 0 Å². The third-order valence-corrected chi connectivity index (χ3v) is 9.97. The Kier molecular flexibility index (Phi) is 37.0. The SMILES string of the molecule is CCCCC[C@H](O)/C=C/C=C\C/C=C\C/C=C\CCCC(=O)O[C@H](COC(=O)CCCCCCCCCCCCCCC(C)C)COP(=O)(O)OC[C@@H](O)CO. The Bertz CT molecular complexity index is 1100. The van der Waals surface area contributed by atoms with Gasteiger partial charge in [-0.2, -0.15) is 0 Å². The Morgan fingerprint density at radius 1 is 0.643 bits per heavy atom. The third kappa shape index (κ3) is 38.7. The van der Waals surface area contributed by atoms with Crippen molar-refractivity contribution in [2.45, 2.75) is 187 Å². The molecule has 326 valence electrons. The van der Waals surface area contributed by atoms with Crippen LogP contribution in [0.5, 0.6) is 0 Å². The summed E-state index contributed by atoms with van der Waals surface area (Å²) in [6.45, 7) is 4.49. The molecule has 0 radical (unpaired) electrons. The fraction of sp³-hybridized carbons (Fsp3) is 0.773. The first-order valence-corrected chi connectivity index (χ1v) is 23.1. The van der Waals surface area contributed by atoms with Gasteiger partial charge in [0.2, 0.25) is 0 Å². The molecule has 0 saturated carbocycles. The maximum atomic E-state index is 12.6. The van der Waals surface area contributed by atoms with Gasteiger partial charge in [0, 0.05) is 12.8 Å². The van der Waals surface area contributed by atoms with E-state index < -0.39 is 57.9 Å². The number of allylic oxidation sites excluding steroid dienone is 7. The molecule has 0 bridgehead atoms. The van der Waals surface area contributed by atoms with Crippen LogP contribution >= 0.6 is 7.82 Å². The van der Waals surface area contributed by atoms with Gasteiger partial charge < -0.3 is 29.7 Å². The molecule has 0 rings (SSSR count). The lowest BCUT2D eigenvalue weighted by Crippen LogP contribution is -2.29. The Morgan fingerprint density at radius 2 is 1.20 bits per heavy atom. The molecule has 1 unspecified atom stereocenters. The Morgan fingerprint density at radius 3 is 1.82 bits per heavy atom. The minimum atomic E-state index is -4.64. The zero-order valence-corrected chi connectivity index (χ0v) is 36.0. The van der Waals surface area contributed by atoms with Crippen LogP contribution in [-0.4, -0.2) is 76.9 Å². The van der Waals surface area contributed by atoms with Crippen molar-refractivity contribution < 1.29 is 52.9 Å². The lowest BCUT2D eigenvalue weighted by molar-refractivity contribution is -0.161. The highest BCUT2D eigenvalue weighted by Gasteiger charge is 2.27. The van der Waals surface area contributed by atoms with Crippen LogP contribution in [-0.2, 0) is 32.7 Å². The number of phosphoric ester groups is 1. The molecule has 0 aliphatic rings. The summed E-state index contributed by atoms with van der Waals surface area (Å²) in [7, 11) is -4.64. The Labute approximate surface area is 339 Å². The highest BCUT2D eigenvalue weighted by atomic mass is 31.2. The van der Waals surface area contributed by atoms with Crippen molar-refractivity contribution in [3.8, 4) is 0 Å². The van der Waals surface area contributed by atoms with Gasteiger partial charge in [-0.15, -0.1) is 0 Å². The Hall–Kier alpha value is -2.11. The number of aliphatic hydroxyl groups is 3. The van der Waals surface area contributed by atoms with Gasteiger partial charge in [-0.25, -0.2) is 4.57 Å². The van der Waals surface area contributed by atoms with E-state index in [-0.39, 0.29) is 19.4 Å². The number of hydrogen-bond donors (Lipinski definition) is 4. The van der Waals surface area contributed by atoms with Gasteiger partial charge in [0.15, 0.2) is 6.10 Å². The number of hydrogen-bond acceptors (Lipinski definition) is 10. The van der Waals surface area contributed by atoms with Crippen molar-refractivity contribution in [2.75, 3.05) is 26.4 Å². The van der Waals surface area contributed by atoms with E-state index in [1.807, 2.05) is 36.5 Å². The van der Waals surface area contributed by atoms with Crippen LogP contribution < -0.4 is 0 Å². The third-order valence-electron chi connectivity index (χ3n) is 9.02. The van der Waals surface area contributed by atoms with Crippen molar-refractivity contribution in [1.82, 2.24) is 0 Å². The number of ether oxygens (including phenoxy) is 2. The van der Waals surface area contributed by atoms with Gasteiger partial charge in [0.25, 0.3) is 0 Å². The van der Waals surface area contributed by atoms with Crippen LogP contribution in [0, 0.1) is 5.92 Å². The molecule has 0 aliphatic heterocycles. The first-order chi connectivity index (χ1) is 27.0. The predicted octanol–water partition coefficient (Wildman–Crippen LogP) is 10.2. The van der Waals surface area contributed by atoms with Crippen molar-refractivity contribution in [1.29, 1.82) is 0 Å². The summed E-state index contributed by atoms with van der Waals surface area (Å²) in [4.78, 5) is 34.9. The van der Waals surface area contributed by atoms with E-state index in [1.54, 1.807) is 0 Å². The van der Waals surface area contributed by atoms with Gasteiger partial charge in [-0.05, 0) is 44.4 Å². The minimum Gasteiger partial charge on any atom is -0.462 e. The number of rotatable bonds is 39. The van der Waals surface area contributed by atoms with Gasteiger partial charge in [0.05, 0.1) is 25.9 Å². The number of esters is 2. The van der Waals surface area contributed by atoms with Crippen LogP contribution in [0.4, 0.5) is 0 Å². The first kappa shape index (κ1) is 53.9. The minimum absolute atomic E-state index is 0.0880. The average Bonchev–Trinajstić information content (AvgIpc) is 3.16. The number of unbranched alkanes of at least 4 members (excludes halogenated alkanes) is 14. The summed E-state index contributed by atoms with van der Waals surface area (Å²) >= 11 is 0. The van der Waals surface area contributed by atoms with E-state index in [2.05, 4.69) is 37.4 Å². The molecule has 0 amide bonds. The van der Waals surface area contributed by atoms with Gasteiger partial charge in [-0.3, -0.25) is 18.6 Å². The van der Waals surface area contributed by atoms with E-state index in [4.69, 9.17) is 19.1 Å². The summed E-state index contributed by atoms with van der Waals surface area (Å²) in [6, 6.07) is 0. The lowest BCUT2D eigenvalue weighted by Gasteiger charge is -2.20. The van der Waals surface area contributed by atoms with Crippen molar-refractivity contribution in [3.05, 3.63) is 48.6 Å². The summed E-state index contributed by atoms with van der Waals surface area (Å²) in [5, 5.41) is 28.2. The fourth-order valence-electron chi connectivity index (χ4n) is 5.63. The lowest BCUT2D eigenvalue weighted by atomic mass is 10.0. The topological polar surface area (TPSA) is 169 Å². The quantitative estimate of drug-likeness (QED) is 0.0153. The molecule has 0 fully saturated rings. The fourth-order valence-corrected chi connectivity index (χ4v) is 6.42. The smallest absolute Gasteiger partial charge is 0.462 e. The van der Waals surface area contributed by atoms with E-state index in [1.165, 1.54) is 57.8 Å². The van der Waals surface area contributed by atoms with E-state index in [9.17, 15) is 29.3 Å². The predicted molar refractivity (Wildman–Crippen MR) is 225 cm³/mol. The molecule has 4 N–H and O–H groups in total. The second-order valence-electron chi connectivity index (χ2n) is 15.0. The molecule has 4 atom stereocenters. The van der Waals surface area contributed by atoms with E-state index in [0.29, 0.717) is 19.3 Å². The maximum absolute atomic E-state index is 12.6. The van der Waals surface area contributed by atoms with Gasteiger partial charge >= 0.3 is 19.8 Å². The summed E-state index contributed by atoms with van der Waals surface area (Å²) in [5.74, 6) is -0.214. The van der Waals surface area contributed by atoms with Crippen LogP contribution in [0.2, 0.25) is 0 Å². The summed E-state index contributed by atoms with van der Waals surface area (Å²) in [5.41, 5.74) is 0. The number of carbonyl (C=O) groups is 2. The highest BCUT2D eigenvalue weighted by molar-refractivity contribution is 7.47. The number of carbonyl (C=O) groups excluding carboxylic acids is 2. The Balaban J connectivity index is 4.44. The molecule has 12 heteroatoms. The largest absolute Gasteiger partial charge is 0.472 e. The molecular formula is C44H79O11P. The van der Waals surface area contributed by atoms with Crippen molar-refractivity contribution >= 4 is 19.8 Å². The molecule has 11 nitrogen and oxygen atoms in total. The van der Waals surface area contributed by atoms with E-state index in [0.717, 1.165) is 63.7 Å². The summed E-state index contributed by atoms with van der Waals surface area (Å²) < 4.78 is 32.6. The zero-order chi connectivity index (χ0) is 41.5. The molecule has 0 heterocycles. The molecule has 0 spiro atoms. The van der Waals surface area contributed by atoms with Crippen LogP contribution in [0.3, 0.4) is 0 Å². The van der Waals surface area contributed by atoms with Crippen LogP contribution in [0.1, 0.15) is 168 Å². The van der Waals surface area contributed by atoms with Gasteiger partial charge in [0.1, 0.15) is 12.7 Å². The monoisotopic (exact) mass is 815 g/mol. The molecule has 56 heavy (non-hydrogen) atoms. The first-order valence-electron chi connectivity index (χ1n) is 21.6. The second kappa shape index (κ2) is 38.4. The standard InChI is InChI=1S/C44H79O11P/c1-4-5-25-31-40(46)32-27-22-18-14-10-8-12-16-20-24-29-34-44(49)55-42(38-54-56(50,51)53-36-41(47)35-45)37-52-43(48)33-28-23-19-15-11-7-6-9-13-17-21-26-30-39(2)3/h8,10,16,18,20,22,27,32,39-42,45-47H,4-7,9,11-15,17,19,21,23-26,28-31,33-38H2,1-3H3,(H,50,51)/b10-8-,20-16-,22-18-,32-27+/t40-,41-,42+/m0/s1.